The Labute approximate surface area is 138 Å². The molecule has 0 radical (unpaired) electrons. The first-order valence-electron chi connectivity index (χ1n) is 7.78. The van der Waals surface area contributed by atoms with Gasteiger partial charge in [0.2, 0.25) is 5.91 Å². The Balaban J connectivity index is 2.82. The second kappa shape index (κ2) is 9.66. The summed E-state index contributed by atoms with van der Waals surface area (Å²) in [7, 11) is -3.17. The summed E-state index contributed by atoms with van der Waals surface area (Å²) in [5.74, 6) is -0.159. The highest BCUT2D eigenvalue weighted by molar-refractivity contribution is 7.53. The van der Waals surface area contributed by atoms with Crippen LogP contribution in [0.3, 0.4) is 0 Å². The van der Waals surface area contributed by atoms with E-state index in [1.807, 2.05) is 30.3 Å². The van der Waals surface area contributed by atoms with Gasteiger partial charge < -0.3 is 13.9 Å². The van der Waals surface area contributed by atoms with Crippen LogP contribution in [0, 0.1) is 0 Å². The highest BCUT2D eigenvalue weighted by Gasteiger charge is 2.26. The summed E-state index contributed by atoms with van der Waals surface area (Å²) in [6, 6.07) is 9.66. The van der Waals surface area contributed by atoms with E-state index in [0.29, 0.717) is 25.3 Å². The Morgan fingerprint density at radius 2 is 1.74 bits per heavy atom. The van der Waals surface area contributed by atoms with Gasteiger partial charge in [-0.1, -0.05) is 36.9 Å². The molecule has 0 N–H and O–H groups in total. The maximum absolute atomic E-state index is 12.6. The molecule has 1 amide bonds. The van der Waals surface area contributed by atoms with Crippen LogP contribution in [-0.2, 0) is 25.0 Å². The van der Waals surface area contributed by atoms with Crippen LogP contribution in [0.1, 0.15) is 26.3 Å². The van der Waals surface area contributed by atoms with Crippen molar-refractivity contribution >= 4 is 13.5 Å². The van der Waals surface area contributed by atoms with Crippen molar-refractivity contribution < 1.29 is 18.4 Å². The molecule has 1 aromatic rings. The van der Waals surface area contributed by atoms with E-state index in [1.54, 1.807) is 25.7 Å². The fraction of sp³-hybridized carbons (Fsp3) is 0.471. The number of rotatable bonds is 10. The predicted octanol–water partition coefficient (Wildman–Crippen LogP) is 3.86. The second-order valence-corrected chi connectivity index (χ2v) is 7.35. The van der Waals surface area contributed by atoms with E-state index in [1.165, 1.54) is 0 Å². The van der Waals surface area contributed by atoms with Crippen LogP contribution >= 0.6 is 7.60 Å². The van der Waals surface area contributed by atoms with Crippen molar-refractivity contribution in [3.05, 3.63) is 48.0 Å². The second-order valence-electron chi connectivity index (χ2n) is 5.16. The van der Waals surface area contributed by atoms with Gasteiger partial charge >= 0.3 is 7.60 Å². The third-order valence-corrected chi connectivity index (χ3v) is 5.21. The molecule has 0 bridgehead atoms. The number of hydrogen-bond donors (Lipinski definition) is 0. The monoisotopic (exact) mass is 339 g/mol. The van der Waals surface area contributed by atoms with Gasteiger partial charge in [0, 0.05) is 18.7 Å². The molecule has 0 fully saturated rings. The lowest BCUT2D eigenvalue weighted by atomic mass is 10.2. The minimum atomic E-state index is -3.17. The van der Waals surface area contributed by atoms with Crippen molar-refractivity contribution in [2.24, 2.45) is 0 Å². The molecule has 0 heterocycles. The Kier molecular flexibility index (Phi) is 8.24. The molecular weight excluding hydrogens is 313 g/mol. The van der Waals surface area contributed by atoms with Crippen molar-refractivity contribution in [2.75, 3.05) is 25.9 Å². The van der Waals surface area contributed by atoms with E-state index in [9.17, 15) is 9.36 Å². The molecule has 0 aliphatic rings. The average Bonchev–Trinajstić information content (AvgIpc) is 2.52. The molecular formula is C17H26NO4P. The third-order valence-electron chi connectivity index (χ3n) is 3.16. The molecule has 128 valence electrons. The van der Waals surface area contributed by atoms with Gasteiger partial charge in [-0.15, -0.1) is 0 Å². The SMILES string of the molecule is C=C(C)C(=O)N(CCP(=O)(OCC)OCC)Cc1ccccc1. The highest BCUT2D eigenvalue weighted by Crippen LogP contribution is 2.47. The van der Waals surface area contributed by atoms with Gasteiger partial charge in [-0.2, -0.15) is 0 Å². The van der Waals surface area contributed by atoms with Crippen LogP contribution in [0.5, 0.6) is 0 Å². The van der Waals surface area contributed by atoms with E-state index >= 15 is 0 Å². The van der Waals surface area contributed by atoms with Crippen LogP contribution in [-0.4, -0.2) is 36.7 Å². The maximum atomic E-state index is 12.6. The quantitative estimate of drug-likeness (QED) is 0.480. The lowest BCUT2D eigenvalue weighted by molar-refractivity contribution is -0.127. The molecule has 0 saturated carbocycles. The molecule has 0 aromatic heterocycles. The molecule has 1 aromatic carbocycles. The fourth-order valence-electron chi connectivity index (χ4n) is 2.13. The summed E-state index contributed by atoms with van der Waals surface area (Å²) < 4.78 is 23.1. The van der Waals surface area contributed by atoms with Gasteiger partial charge in [0.1, 0.15) is 0 Å². The number of benzene rings is 1. The number of nitrogens with zero attached hydrogens (tertiary/aromatic N) is 1. The molecule has 5 nitrogen and oxygen atoms in total. The Morgan fingerprint density at radius 3 is 2.22 bits per heavy atom. The molecule has 0 unspecified atom stereocenters. The van der Waals surface area contributed by atoms with Crippen molar-refractivity contribution in [3.8, 4) is 0 Å². The largest absolute Gasteiger partial charge is 0.334 e. The average molecular weight is 339 g/mol. The van der Waals surface area contributed by atoms with E-state index < -0.39 is 7.60 Å². The predicted molar refractivity (Wildman–Crippen MR) is 92.4 cm³/mol. The van der Waals surface area contributed by atoms with Crippen LogP contribution < -0.4 is 0 Å². The van der Waals surface area contributed by atoms with Crippen LogP contribution in [0.15, 0.2) is 42.5 Å². The van der Waals surface area contributed by atoms with Gasteiger partial charge in [-0.3, -0.25) is 9.36 Å². The Morgan fingerprint density at radius 1 is 1.17 bits per heavy atom. The minimum absolute atomic E-state index is 0.159. The van der Waals surface area contributed by atoms with Crippen LogP contribution in [0.2, 0.25) is 0 Å². The first kappa shape index (κ1) is 19.6. The summed E-state index contributed by atoms with van der Waals surface area (Å²) in [6.45, 7) is 10.3. The summed E-state index contributed by atoms with van der Waals surface area (Å²) >= 11 is 0. The number of carbonyl (C=O) groups excluding carboxylic acids is 1. The number of hydrogen-bond acceptors (Lipinski definition) is 4. The Hall–Kier alpha value is -1.42. The van der Waals surface area contributed by atoms with Gasteiger partial charge in [0.15, 0.2) is 0 Å². The Bertz CT molecular complexity index is 549. The summed E-state index contributed by atoms with van der Waals surface area (Å²) in [4.78, 5) is 14.0. The van der Waals surface area contributed by atoms with Crippen LogP contribution in [0.4, 0.5) is 0 Å². The topological polar surface area (TPSA) is 55.8 Å². The number of carbonyl (C=O) groups is 1. The third kappa shape index (κ3) is 6.69. The van der Waals surface area contributed by atoms with E-state index in [-0.39, 0.29) is 18.6 Å². The first-order valence-corrected chi connectivity index (χ1v) is 9.51. The first-order chi connectivity index (χ1) is 10.9. The zero-order chi connectivity index (χ0) is 17.3. The summed E-state index contributed by atoms with van der Waals surface area (Å²) in [5.41, 5.74) is 1.45. The minimum Gasteiger partial charge on any atom is -0.334 e. The van der Waals surface area contributed by atoms with E-state index in [0.717, 1.165) is 5.56 Å². The molecule has 6 heteroatoms. The fourth-order valence-corrected chi connectivity index (χ4v) is 3.73. The molecule has 0 aliphatic carbocycles. The van der Waals surface area contributed by atoms with Gasteiger partial charge in [0.05, 0.1) is 19.4 Å². The van der Waals surface area contributed by atoms with Gasteiger partial charge in [-0.25, -0.2) is 0 Å². The summed E-state index contributed by atoms with van der Waals surface area (Å²) in [5, 5.41) is 0. The van der Waals surface area contributed by atoms with Crippen molar-refractivity contribution in [1.82, 2.24) is 4.90 Å². The smallest absolute Gasteiger partial charge is 0.332 e. The molecule has 0 saturated heterocycles. The van der Waals surface area contributed by atoms with Gasteiger partial charge in [0.25, 0.3) is 0 Å². The normalized spacial score (nSPS) is 11.3. The highest BCUT2D eigenvalue weighted by atomic mass is 31.2. The molecule has 1 rings (SSSR count). The molecule has 0 spiro atoms. The van der Waals surface area contributed by atoms with E-state index in [4.69, 9.17) is 9.05 Å². The van der Waals surface area contributed by atoms with Crippen molar-refractivity contribution in [1.29, 1.82) is 0 Å². The zero-order valence-corrected chi connectivity index (χ0v) is 15.1. The molecule has 0 aliphatic heterocycles. The maximum Gasteiger partial charge on any atom is 0.332 e. The zero-order valence-electron chi connectivity index (χ0n) is 14.2. The standard InChI is InChI=1S/C17H26NO4P/c1-5-21-23(20,22-6-2)13-12-18(17(19)15(3)4)14-16-10-8-7-9-11-16/h7-11H,3,5-6,12-14H2,1-2,4H3. The number of amides is 1. The van der Waals surface area contributed by atoms with Crippen LogP contribution in [0.25, 0.3) is 0 Å². The lowest BCUT2D eigenvalue weighted by Gasteiger charge is -2.25. The molecule has 23 heavy (non-hydrogen) atoms. The van der Waals surface area contributed by atoms with Crippen molar-refractivity contribution in [2.45, 2.75) is 27.3 Å². The summed E-state index contributed by atoms with van der Waals surface area (Å²) in [6.07, 6.45) is 0.167. The van der Waals surface area contributed by atoms with Gasteiger partial charge in [-0.05, 0) is 26.3 Å². The van der Waals surface area contributed by atoms with E-state index in [2.05, 4.69) is 6.58 Å². The lowest BCUT2D eigenvalue weighted by Crippen LogP contribution is -2.33. The molecule has 0 atom stereocenters. The van der Waals surface area contributed by atoms with Crippen molar-refractivity contribution in [3.63, 3.8) is 0 Å².